The average Bonchev–Trinajstić information content (AvgIpc) is 3.46. The van der Waals surface area contributed by atoms with Crippen molar-refractivity contribution in [2.45, 2.75) is 25.4 Å². The minimum atomic E-state index is -0.950. The number of hydrogen-bond acceptors (Lipinski definition) is 8. The van der Waals surface area contributed by atoms with Gasteiger partial charge in [-0.1, -0.05) is 24.3 Å². The summed E-state index contributed by atoms with van der Waals surface area (Å²) in [4.78, 5) is 43.6. The first-order valence-electron chi connectivity index (χ1n) is 12.6. The summed E-state index contributed by atoms with van der Waals surface area (Å²) in [5.41, 5.74) is 4.36. The topological polar surface area (TPSA) is 115 Å². The first kappa shape index (κ1) is 25.8. The number of phenolic OH excluding ortho intramolecular Hbond substituents is 1. The minimum Gasteiger partial charge on any atom is -0.507 e. The average molecular weight is 519 g/mol. The molecule has 0 unspecified atom stereocenters. The van der Waals surface area contributed by atoms with Crippen molar-refractivity contribution < 1.29 is 33.7 Å². The highest BCUT2D eigenvalue weighted by Crippen LogP contribution is 2.50. The summed E-state index contributed by atoms with van der Waals surface area (Å²) in [6, 6.07) is 12.8. The molecule has 3 amide bonds. The highest BCUT2D eigenvalue weighted by atomic mass is 16.5. The van der Waals surface area contributed by atoms with Crippen molar-refractivity contribution in [1.82, 2.24) is 9.88 Å². The second-order valence-electron chi connectivity index (χ2n) is 9.72. The fraction of sp³-hybridized carbons (Fsp3) is 0.379. The molecule has 2 aliphatic heterocycles. The SMILES string of the molecule is COCC1=C2[C@@H](CC/C(=C/c3ccccc3O)c3ccccn3)OC[C@@H]2[C@@H]2C(=O)N(C(=O)OC)C(=O)[C@@H]2C1. The van der Waals surface area contributed by atoms with Crippen LogP contribution in [0.4, 0.5) is 4.79 Å². The number of rotatable bonds is 7. The van der Waals surface area contributed by atoms with Gasteiger partial charge in [0.25, 0.3) is 0 Å². The highest BCUT2D eigenvalue weighted by Gasteiger charge is 2.58. The largest absolute Gasteiger partial charge is 0.507 e. The zero-order valence-corrected chi connectivity index (χ0v) is 21.3. The molecule has 0 radical (unpaired) electrons. The van der Waals surface area contributed by atoms with E-state index in [9.17, 15) is 19.5 Å². The second kappa shape index (κ2) is 10.9. The molecule has 1 aromatic carbocycles. The van der Waals surface area contributed by atoms with Crippen LogP contribution < -0.4 is 0 Å². The van der Waals surface area contributed by atoms with Crippen LogP contribution in [0.1, 0.15) is 30.5 Å². The zero-order chi connectivity index (χ0) is 26.8. The monoisotopic (exact) mass is 518 g/mol. The number of aromatic hydroxyl groups is 1. The molecule has 1 aliphatic carbocycles. The van der Waals surface area contributed by atoms with E-state index in [1.54, 1.807) is 25.4 Å². The molecule has 1 aromatic heterocycles. The van der Waals surface area contributed by atoms with Crippen molar-refractivity contribution in [3.63, 3.8) is 0 Å². The lowest BCUT2D eigenvalue weighted by Crippen LogP contribution is -2.38. The van der Waals surface area contributed by atoms with Crippen LogP contribution in [0.25, 0.3) is 11.6 Å². The van der Waals surface area contributed by atoms with Crippen LogP contribution in [0, 0.1) is 17.8 Å². The fourth-order valence-corrected chi connectivity index (χ4v) is 5.96. The number of pyridine rings is 1. The van der Waals surface area contributed by atoms with Gasteiger partial charge in [-0.2, -0.15) is 4.90 Å². The van der Waals surface area contributed by atoms with E-state index < -0.39 is 29.7 Å². The van der Waals surface area contributed by atoms with E-state index in [-0.39, 0.29) is 24.4 Å². The maximum absolute atomic E-state index is 13.2. The van der Waals surface area contributed by atoms with Crippen LogP contribution in [0.2, 0.25) is 0 Å². The van der Waals surface area contributed by atoms with Gasteiger partial charge in [-0.05, 0) is 60.3 Å². The molecule has 38 heavy (non-hydrogen) atoms. The highest BCUT2D eigenvalue weighted by molar-refractivity contribution is 6.16. The van der Waals surface area contributed by atoms with Crippen molar-refractivity contribution in [1.29, 1.82) is 0 Å². The van der Waals surface area contributed by atoms with E-state index >= 15 is 0 Å². The summed E-state index contributed by atoms with van der Waals surface area (Å²) in [6.45, 7) is 0.597. The molecule has 3 aliphatic rings. The third-order valence-corrected chi connectivity index (χ3v) is 7.62. The summed E-state index contributed by atoms with van der Waals surface area (Å²) in [5.74, 6) is -2.46. The number of likely N-dealkylation sites (tertiary alicyclic amines) is 1. The molecule has 2 saturated heterocycles. The molecule has 9 nitrogen and oxygen atoms in total. The van der Waals surface area contributed by atoms with Gasteiger partial charge in [0.2, 0.25) is 11.8 Å². The fourth-order valence-electron chi connectivity index (χ4n) is 5.96. The van der Waals surface area contributed by atoms with Gasteiger partial charge in [0.1, 0.15) is 5.75 Å². The van der Waals surface area contributed by atoms with E-state index in [1.807, 2.05) is 36.4 Å². The molecule has 3 heterocycles. The van der Waals surface area contributed by atoms with Gasteiger partial charge in [0, 0.05) is 24.8 Å². The smallest absolute Gasteiger partial charge is 0.423 e. The number of phenols is 1. The predicted octanol–water partition coefficient (Wildman–Crippen LogP) is 3.84. The van der Waals surface area contributed by atoms with Crippen LogP contribution in [0.15, 0.2) is 59.8 Å². The number of nitrogens with zero attached hydrogens (tertiary/aromatic N) is 2. The summed E-state index contributed by atoms with van der Waals surface area (Å²) < 4.78 is 16.4. The molecule has 4 atom stereocenters. The van der Waals surface area contributed by atoms with Gasteiger partial charge >= 0.3 is 6.09 Å². The Bertz CT molecular complexity index is 1300. The summed E-state index contributed by atoms with van der Waals surface area (Å²) in [5, 5.41) is 10.3. The Morgan fingerprint density at radius 1 is 1.13 bits per heavy atom. The molecular formula is C29H30N2O7. The summed E-state index contributed by atoms with van der Waals surface area (Å²) >= 11 is 0. The minimum absolute atomic E-state index is 0.182. The normalized spacial score (nSPS) is 25.0. The van der Waals surface area contributed by atoms with Crippen molar-refractivity contribution in [3.05, 3.63) is 71.1 Å². The number of carbonyl (C=O) groups excluding carboxylic acids is 3. The maximum Gasteiger partial charge on any atom is 0.423 e. The van der Waals surface area contributed by atoms with E-state index in [1.165, 1.54) is 0 Å². The van der Waals surface area contributed by atoms with Gasteiger partial charge in [0.15, 0.2) is 0 Å². The molecule has 0 bridgehead atoms. The molecule has 1 N–H and O–H groups in total. The Morgan fingerprint density at radius 2 is 1.92 bits per heavy atom. The number of ether oxygens (including phenoxy) is 3. The van der Waals surface area contributed by atoms with E-state index in [0.29, 0.717) is 36.3 Å². The van der Waals surface area contributed by atoms with Gasteiger partial charge in [0.05, 0.1) is 44.0 Å². The van der Waals surface area contributed by atoms with Crippen LogP contribution in [-0.4, -0.2) is 66.4 Å². The van der Waals surface area contributed by atoms with Crippen molar-refractivity contribution in [2.75, 3.05) is 27.4 Å². The van der Waals surface area contributed by atoms with Crippen molar-refractivity contribution >= 4 is 29.6 Å². The number of aromatic nitrogens is 1. The van der Waals surface area contributed by atoms with Crippen LogP contribution in [-0.2, 0) is 23.8 Å². The summed E-state index contributed by atoms with van der Waals surface area (Å²) in [7, 11) is 2.75. The molecule has 0 saturated carbocycles. The Morgan fingerprint density at radius 3 is 2.63 bits per heavy atom. The third kappa shape index (κ3) is 4.63. The molecular weight excluding hydrogens is 488 g/mol. The number of allylic oxidation sites excluding steroid dienone is 1. The molecule has 2 aromatic rings. The van der Waals surface area contributed by atoms with E-state index in [0.717, 1.165) is 29.5 Å². The number of fused-ring (bicyclic) bond motifs is 3. The third-order valence-electron chi connectivity index (χ3n) is 7.62. The van der Waals surface area contributed by atoms with E-state index in [4.69, 9.17) is 14.2 Å². The van der Waals surface area contributed by atoms with Gasteiger partial charge < -0.3 is 19.3 Å². The van der Waals surface area contributed by atoms with E-state index in [2.05, 4.69) is 4.98 Å². The van der Waals surface area contributed by atoms with Crippen LogP contribution >= 0.6 is 0 Å². The number of methoxy groups -OCH3 is 2. The quantitative estimate of drug-likeness (QED) is 0.434. The molecule has 2 fully saturated rings. The Kier molecular flexibility index (Phi) is 7.40. The number of imide groups is 3. The molecule has 0 spiro atoms. The number of carbonyl (C=O) groups is 3. The number of amides is 3. The van der Waals surface area contributed by atoms with Gasteiger partial charge in [-0.25, -0.2) is 4.79 Å². The lowest BCUT2D eigenvalue weighted by Gasteiger charge is -2.31. The second-order valence-corrected chi connectivity index (χ2v) is 9.72. The first-order chi connectivity index (χ1) is 18.4. The zero-order valence-electron chi connectivity index (χ0n) is 21.3. The maximum atomic E-state index is 13.2. The van der Waals surface area contributed by atoms with Crippen molar-refractivity contribution in [3.8, 4) is 5.75 Å². The Balaban J connectivity index is 1.43. The van der Waals surface area contributed by atoms with Crippen LogP contribution in [0.5, 0.6) is 5.75 Å². The lowest BCUT2D eigenvalue weighted by atomic mass is 9.69. The first-order valence-corrected chi connectivity index (χ1v) is 12.6. The molecule has 5 rings (SSSR count). The lowest BCUT2D eigenvalue weighted by molar-refractivity contribution is -0.137. The standard InChI is InChI=1S/C29H30N2O7/c1-36-15-19-14-20-26(28(34)31(27(20)33)29(35)37-2)21-16-38-24(25(19)21)11-10-17(22-8-5-6-12-30-22)13-18-7-3-4-9-23(18)32/h3-9,12-13,20-21,24,26,32H,10-11,14-16H2,1-2H3/b17-13-/t20-,21+,24-,26-/m1/s1. The molecule has 198 valence electrons. The molecule has 9 heteroatoms. The van der Waals surface area contributed by atoms with Crippen molar-refractivity contribution in [2.24, 2.45) is 17.8 Å². The number of benzene rings is 1. The van der Waals surface area contributed by atoms with Gasteiger partial charge in [-0.15, -0.1) is 0 Å². The van der Waals surface area contributed by atoms with Gasteiger partial charge in [-0.3, -0.25) is 14.6 Å². The predicted molar refractivity (Wildman–Crippen MR) is 137 cm³/mol. The number of para-hydroxylation sites is 1. The number of hydrogen-bond donors (Lipinski definition) is 1. The Hall–Kier alpha value is -3.82. The Labute approximate surface area is 220 Å². The summed E-state index contributed by atoms with van der Waals surface area (Å²) in [6.07, 6.45) is 3.97. The van der Waals surface area contributed by atoms with Crippen LogP contribution in [0.3, 0.4) is 0 Å².